The fourth-order valence-electron chi connectivity index (χ4n) is 2.65. The van der Waals surface area contributed by atoms with Gasteiger partial charge in [0.25, 0.3) is 0 Å². The quantitative estimate of drug-likeness (QED) is 0.534. The lowest BCUT2D eigenvalue weighted by Crippen LogP contribution is -2.04. The maximum absolute atomic E-state index is 10.4. The van der Waals surface area contributed by atoms with Crippen LogP contribution >= 0.6 is 15.9 Å². The molecule has 0 saturated heterocycles. The number of nitrogens with one attached hydrogen (secondary N) is 1. The molecule has 1 aromatic heterocycles. The van der Waals surface area contributed by atoms with Crippen molar-refractivity contribution in [2.75, 3.05) is 11.1 Å². The number of nitrogens with zero attached hydrogens (tertiary/aromatic N) is 4. The minimum atomic E-state index is 0.199. The van der Waals surface area contributed by atoms with E-state index in [9.17, 15) is 5.21 Å². The maximum atomic E-state index is 10.4. The summed E-state index contributed by atoms with van der Waals surface area (Å²) < 4.78 is 6.42. The molecule has 2 aromatic carbocycles. The van der Waals surface area contributed by atoms with Gasteiger partial charge in [0.15, 0.2) is 0 Å². The van der Waals surface area contributed by atoms with E-state index in [-0.39, 0.29) is 17.6 Å². The Balaban J connectivity index is 1.93. The lowest BCUT2D eigenvalue weighted by Gasteiger charge is -2.14. The molecule has 3 N–H and O–H groups in total. The summed E-state index contributed by atoms with van der Waals surface area (Å²) in [7, 11) is 0. The average Bonchev–Trinajstić information content (AvgIpc) is 2.69. The molecule has 0 amide bonds. The molecule has 8 nitrogen and oxygen atoms in total. The van der Waals surface area contributed by atoms with Gasteiger partial charge in [0.1, 0.15) is 21.6 Å². The van der Waals surface area contributed by atoms with Crippen molar-refractivity contribution in [1.82, 2.24) is 9.97 Å². The second kappa shape index (κ2) is 8.46. The zero-order chi connectivity index (χ0) is 21.0. The number of anilines is 3. The van der Waals surface area contributed by atoms with Crippen LogP contribution in [-0.2, 0) is 0 Å². The number of rotatable bonds is 4. The molecule has 0 unspecified atom stereocenters. The predicted octanol–water partition coefficient (Wildman–Crippen LogP) is 5.02. The third kappa shape index (κ3) is 4.54. The number of aryl methyl sites for hydroxylation is 2. The fourth-order valence-corrected chi connectivity index (χ4v) is 2.91. The fraction of sp³-hybridized carbons (Fsp3) is 0.100. The van der Waals surface area contributed by atoms with Crippen molar-refractivity contribution < 1.29 is 4.74 Å². The second-order valence-electron chi connectivity index (χ2n) is 6.11. The van der Waals surface area contributed by atoms with E-state index >= 15 is 0 Å². The molecule has 0 aliphatic carbocycles. The van der Waals surface area contributed by atoms with Gasteiger partial charge < -0.3 is 21.0 Å². The van der Waals surface area contributed by atoms with Gasteiger partial charge >= 0.3 is 6.07 Å². The first-order valence-corrected chi connectivity index (χ1v) is 9.18. The molecule has 0 bridgehead atoms. The van der Waals surface area contributed by atoms with Crippen molar-refractivity contribution >= 4 is 33.4 Å². The Bertz CT molecular complexity index is 1150. The van der Waals surface area contributed by atoms with Crippen LogP contribution in [0, 0.1) is 36.5 Å². The third-order valence-corrected chi connectivity index (χ3v) is 4.70. The van der Waals surface area contributed by atoms with Crippen LogP contribution in [-0.4, -0.2) is 9.97 Å². The smallest absolute Gasteiger partial charge is 0.336 e. The highest BCUT2D eigenvalue weighted by Gasteiger charge is 2.16. The molecule has 0 aliphatic heterocycles. The molecule has 0 spiro atoms. The Morgan fingerprint density at radius 3 is 2.38 bits per heavy atom. The van der Waals surface area contributed by atoms with Crippen LogP contribution in [0.4, 0.5) is 17.5 Å². The molecule has 29 heavy (non-hydrogen) atoms. The molecule has 144 valence electrons. The second-order valence-corrected chi connectivity index (χ2v) is 6.90. The number of ether oxygens (including phenoxy) is 1. The normalized spacial score (nSPS) is 9.86. The van der Waals surface area contributed by atoms with Crippen LogP contribution in [0.2, 0.25) is 0 Å². The van der Waals surface area contributed by atoms with Gasteiger partial charge in [-0.2, -0.15) is 15.2 Å². The van der Waals surface area contributed by atoms with Crippen LogP contribution in [0.15, 0.2) is 40.9 Å². The molecule has 9 heteroatoms. The summed E-state index contributed by atoms with van der Waals surface area (Å²) in [6, 6.07) is 14.7. The Kier molecular flexibility index (Phi) is 5.82. The van der Waals surface area contributed by atoms with Crippen LogP contribution < -0.4 is 15.8 Å². The van der Waals surface area contributed by atoms with Gasteiger partial charge in [-0.25, -0.2) is 0 Å². The van der Waals surface area contributed by atoms with E-state index in [1.165, 1.54) is 0 Å². The van der Waals surface area contributed by atoms with E-state index in [0.29, 0.717) is 27.0 Å². The van der Waals surface area contributed by atoms with Gasteiger partial charge in [0, 0.05) is 10.7 Å². The summed E-state index contributed by atoms with van der Waals surface area (Å²) in [5.74, 6) is 1.24. The van der Waals surface area contributed by atoms with Gasteiger partial charge in [0.2, 0.25) is 11.8 Å². The lowest BCUT2D eigenvalue weighted by atomic mass is 10.1. The number of hydrogen-bond donors (Lipinski definition) is 2. The van der Waals surface area contributed by atoms with E-state index in [1.807, 2.05) is 13.8 Å². The molecular weight excluding hydrogens is 436 g/mol. The standard InChI is InChI=1S/C20H15BrN6O2/c1-11-7-14(10-24-28)8-12(2)17(11)29-19-16(21)18(23)26-20(27-19)25-15-5-3-13(9-22)4-6-15/h3-8H,1-2H3,(H3,23,25,26,27). The highest BCUT2D eigenvalue weighted by molar-refractivity contribution is 9.10. The first-order chi connectivity index (χ1) is 13.9. The Labute approximate surface area is 175 Å². The molecule has 0 radical (unpaired) electrons. The third-order valence-electron chi connectivity index (χ3n) is 3.95. The molecule has 0 atom stereocenters. The number of hydrogen-bond acceptors (Lipinski definition) is 7. The molecule has 0 saturated carbocycles. The van der Waals surface area contributed by atoms with Crippen molar-refractivity contribution in [2.45, 2.75) is 13.8 Å². The topological polar surface area (TPSA) is 124 Å². The van der Waals surface area contributed by atoms with Gasteiger partial charge in [-0.15, -0.1) is 0 Å². The van der Waals surface area contributed by atoms with Crippen molar-refractivity contribution in [3.05, 3.63) is 73.3 Å². The molecule has 3 aromatic rings. The average molecular weight is 451 g/mol. The highest BCUT2D eigenvalue weighted by Crippen LogP contribution is 2.36. The number of nitriles is 1. The van der Waals surface area contributed by atoms with Crippen molar-refractivity contribution in [3.63, 3.8) is 0 Å². The Morgan fingerprint density at radius 1 is 1.14 bits per heavy atom. The summed E-state index contributed by atoms with van der Waals surface area (Å²) >= 11 is 3.36. The zero-order valence-corrected chi connectivity index (χ0v) is 17.1. The van der Waals surface area contributed by atoms with E-state index < -0.39 is 0 Å². The van der Waals surface area contributed by atoms with Crippen molar-refractivity contribution in [1.29, 1.82) is 5.26 Å². The van der Waals surface area contributed by atoms with Crippen LogP contribution in [0.1, 0.15) is 22.3 Å². The SMILES string of the molecule is Cc1cc(C#[N+][O-])cc(C)c1Oc1nc(Nc2ccc(C#N)cc2)nc(N)c1Br. The van der Waals surface area contributed by atoms with Crippen molar-refractivity contribution in [3.8, 4) is 23.8 Å². The number of nitrogens with two attached hydrogens (primary N) is 1. The first-order valence-electron chi connectivity index (χ1n) is 8.39. The zero-order valence-electron chi connectivity index (χ0n) is 15.5. The number of halogens is 1. The van der Waals surface area contributed by atoms with Crippen LogP contribution in [0.25, 0.3) is 5.01 Å². The lowest BCUT2D eigenvalue weighted by molar-refractivity contribution is 0.453. The Hall–Kier alpha value is -3.82. The van der Waals surface area contributed by atoms with Gasteiger partial charge in [-0.05, 0) is 77.3 Å². The largest absolute Gasteiger partial charge is 0.498 e. The predicted molar refractivity (Wildman–Crippen MR) is 114 cm³/mol. The number of aromatic nitrogens is 2. The summed E-state index contributed by atoms with van der Waals surface area (Å²) in [6.07, 6.45) is 0. The molecule has 0 fully saturated rings. The van der Waals surface area contributed by atoms with E-state index in [2.05, 4.69) is 48.4 Å². The minimum Gasteiger partial charge on any atom is -0.498 e. The number of benzene rings is 2. The van der Waals surface area contributed by atoms with Gasteiger partial charge in [-0.3, -0.25) is 0 Å². The van der Waals surface area contributed by atoms with E-state index in [0.717, 1.165) is 11.1 Å². The maximum Gasteiger partial charge on any atom is 0.336 e. The van der Waals surface area contributed by atoms with Crippen LogP contribution in [0.5, 0.6) is 11.6 Å². The molecule has 1 heterocycles. The summed E-state index contributed by atoms with van der Waals surface area (Å²) in [6.45, 7) is 3.68. The minimum absolute atomic E-state index is 0.199. The summed E-state index contributed by atoms with van der Waals surface area (Å²) in [4.78, 5) is 8.59. The molecule has 0 aliphatic rings. The number of nitrogen functional groups attached to an aromatic ring is 1. The summed E-state index contributed by atoms with van der Waals surface area (Å²) in [5.41, 5.74) is 9.36. The Morgan fingerprint density at radius 2 is 1.79 bits per heavy atom. The van der Waals surface area contributed by atoms with Gasteiger partial charge in [0.05, 0.1) is 11.6 Å². The monoisotopic (exact) mass is 450 g/mol. The highest BCUT2D eigenvalue weighted by atomic mass is 79.9. The van der Waals surface area contributed by atoms with Gasteiger partial charge in [-0.1, -0.05) is 0 Å². The van der Waals surface area contributed by atoms with Crippen LogP contribution in [0.3, 0.4) is 0 Å². The summed E-state index contributed by atoms with van der Waals surface area (Å²) in [5, 5.41) is 25.0. The molecular formula is C20H15BrN6O2. The molecule has 3 rings (SSSR count). The first kappa shape index (κ1) is 19.9. The van der Waals surface area contributed by atoms with E-state index in [1.54, 1.807) is 36.4 Å². The van der Waals surface area contributed by atoms with E-state index in [4.69, 9.17) is 15.7 Å². The van der Waals surface area contributed by atoms with Crippen molar-refractivity contribution in [2.24, 2.45) is 0 Å².